The van der Waals surface area contributed by atoms with E-state index in [2.05, 4.69) is 15.5 Å². The Balaban J connectivity index is 1.52. The summed E-state index contributed by atoms with van der Waals surface area (Å²) in [4.78, 5) is 17.9. The minimum Gasteiger partial charge on any atom is -0.481 e. The van der Waals surface area contributed by atoms with E-state index in [-0.39, 0.29) is 18.3 Å². The fraction of sp³-hybridized carbons (Fsp3) is 0.304. The number of carboxylic acids is 1. The zero-order valence-electron chi connectivity index (χ0n) is 16.9. The third-order valence-corrected chi connectivity index (χ3v) is 6.10. The highest BCUT2D eigenvalue weighted by atomic mass is 19.1. The number of hydrogen-bond acceptors (Lipinski definition) is 4. The number of likely N-dealkylation sites (N-methyl/N-ethyl adjacent to an activating group) is 1. The van der Waals surface area contributed by atoms with Crippen molar-refractivity contribution in [3.63, 3.8) is 0 Å². The Hall–Kier alpha value is -3.35. The number of aliphatic carboxylic acids is 1. The Kier molecular flexibility index (Phi) is 4.27. The molecule has 1 unspecified atom stereocenters. The quantitative estimate of drug-likeness (QED) is 0.550. The van der Waals surface area contributed by atoms with Crippen molar-refractivity contribution < 1.29 is 18.7 Å². The topological polar surface area (TPSA) is 71.0 Å². The molecule has 0 aliphatic heterocycles. The monoisotopic (exact) mass is 407 g/mol. The summed E-state index contributed by atoms with van der Waals surface area (Å²) in [5.41, 5.74) is 6.35. The number of nitrogens with zero attached hydrogens (tertiary/aromatic N) is 3. The predicted molar refractivity (Wildman–Crippen MR) is 112 cm³/mol. The molecule has 3 heterocycles. The molecule has 5 rings (SSSR count). The number of aromatic nitrogens is 2. The first-order valence-electron chi connectivity index (χ1n) is 10.0. The Morgan fingerprint density at radius 1 is 1.37 bits per heavy atom. The highest BCUT2D eigenvalue weighted by molar-refractivity contribution is 5.77. The molecule has 154 valence electrons. The first kappa shape index (κ1) is 18.7. The van der Waals surface area contributed by atoms with Crippen LogP contribution >= 0.6 is 0 Å². The van der Waals surface area contributed by atoms with E-state index in [0.29, 0.717) is 17.1 Å². The maximum absolute atomic E-state index is 13.5. The first-order valence-corrected chi connectivity index (χ1v) is 10.0. The summed E-state index contributed by atoms with van der Waals surface area (Å²) < 4.78 is 21.5. The predicted octanol–water partition coefficient (Wildman–Crippen LogP) is 4.15. The molecule has 1 aliphatic carbocycles. The van der Waals surface area contributed by atoms with Crippen molar-refractivity contribution >= 4 is 28.6 Å². The number of aryl methyl sites for hydroxylation is 1. The number of pyridine rings is 1. The van der Waals surface area contributed by atoms with Crippen molar-refractivity contribution in [1.29, 1.82) is 0 Å². The minimum atomic E-state index is -0.815. The second-order valence-electron chi connectivity index (χ2n) is 8.05. The lowest BCUT2D eigenvalue weighted by Gasteiger charge is -2.30. The number of carboxylic acid groups (broad SMARTS) is 1. The largest absolute Gasteiger partial charge is 0.481 e. The number of carbonyl (C=O) groups is 1. The molecular weight excluding hydrogens is 385 g/mol. The fourth-order valence-corrected chi connectivity index (χ4v) is 4.58. The molecule has 0 spiro atoms. The molecule has 0 amide bonds. The Bertz CT molecular complexity index is 1290. The molecule has 0 saturated heterocycles. The summed E-state index contributed by atoms with van der Waals surface area (Å²) >= 11 is 0. The minimum absolute atomic E-state index is 0.0273. The second-order valence-corrected chi connectivity index (χ2v) is 8.05. The van der Waals surface area contributed by atoms with Crippen LogP contribution in [0.3, 0.4) is 0 Å². The van der Waals surface area contributed by atoms with Gasteiger partial charge >= 0.3 is 5.97 Å². The van der Waals surface area contributed by atoms with Gasteiger partial charge in [-0.25, -0.2) is 4.39 Å². The molecule has 4 aromatic rings. The third kappa shape index (κ3) is 3.01. The molecule has 7 heteroatoms. The molecule has 1 aliphatic rings. The summed E-state index contributed by atoms with van der Waals surface area (Å²) in [5, 5.41) is 9.43. The van der Waals surface area contributed by atoms with Crippen LogP contribution in [0, 0.1) is 12.7 Å². The van der Waals surface area contributed by atoms with Gasteiger partial charge in [-0.15, -0.1) is 0 Å². The molecular formula is C23H22FN3O3. The summed E-state index contributed by atoms with van der Waals surface area (Å²) in [7, 11) is 1.94. The molecule has 6 nitrogen and oxygen atoms in total. The second kappa shape index (κ2) is 6.86. The van der Waals surface area contributed by atoms with E-state index in [1.165, 1.54) is 12.1 Å². The van der Waals surface area contributed by atoms with Gasteiger partial charge in [0.2, 0.25) is 0 Å². The lowest BCUT2D eigenvalue weighted by atomic mass is 9.89. The van der Waals surface area contributed by atoms with E-state index >= 15 is 0 Å². The average Bonchev–Trinajstić information content (AvgIpc) is 3.26. The maximum Gasteiger partial charge on any atom is 0.307 e. The van der Waals surface area contributed by atoms with Crippen molar-refractivity contribution in [2.45, 2.75) is 38.6 Å². The lowest BCUT2D eigenvalue weighted by molar-refractivity contribution is -0.136. The zero-order valence-corrected chi connectivity index (χ0v) is 16.9. The van der Waals surface area contributed by atoms with Crippen LogP contribution in [-0.4, -0.2) is 33.6 Å². The summed E-state index contributed by atoms with van der Waals surface area (Å²) in [5.74, 6) is -1.15. The number of hydrogen-bond donors (Lipinski definition) is 1. The van der Waals surface area contributed by atoms with Crippen molar-refractivity contribution in [2.75, 3.05) is 11.9 Å². The molecule has 1 atom stereocenters. The Labute approximate surface area is 172 Å². The lowest BCUT2D eigenvalue weighted by Crippen LogP contribution is -2.37. The van der Waals surface area contributed by atoms with Crippen molar-refractivity contribution in [3.05, 3.63) is 64.7 Å². The van der Waals surface area contributed by atoms with Crippen LogP contribution in [0.1, 0.15) is 28.8 Å². The van der Waals surface area contributed by atoms with Crippen molar-refractivity contribution in [2.24, 2.45) is 0 Å². The summed E-state index contributed by atoms with van der Waals surface area (Å²) in [6.45, 7) is 2.02. The van der Waals surface area contributed by atoms with Gasteiger partial charge in [-0.2, -0.15) is 4.98 Å². The van der Waals surface area contributed by atoms with Gasteiger partial charge in [0.15, 0.2) is 5.58 Å². The van der Waals surface area contributed by atoms with Gasteiger partial charge in [-0.05, 0) is 60.7 Å². The van der Waals surface area contributed by atoms with Crippen LogP contribution in [0.4, 0.5) is 10.4 Å². The van der Waals surface area contributed by atoms with Crippen molar-refractivity contribution in [3.8, 4) is 0 Å². The van der Waals surface area contributed by atoms with E-state index < -0.39 is 5.97 Å². The van der Waals surface area contributed by atoms with E-state index in [1.807, 2.05) is 31.1 Å². The maximum atomic E-state index is 13.5. The van der Waals surface area contributed by atoms with Crippen LogP contribution in [0.25, 0.3) is 16.6 Å². The molecule has 1 N–H and O–H groups in total. The van der Waals surface area contributed by atoms with Crippen LogP contribution < -0.4 is 4.90 Å². The van der Waals surface area contributed by atoms with Gasteiger partial charge in [-0.1, -0.05) is 0 Å². The average molecular weight is 407 g/mol. The molecule has 0 saturated carbocycles. The van der Waals surface area contributed by atoms with E-state index in [0.717, 1.165) is 47.2 Å². The molecule has 0 bridgehead atoms. The molecule has 1 aromatic carbocycles. The van der Waals surface area contributed by atoms with Crippen LogP contribution in [0.2, 0.25) is 0 Å². The van der Waals surface area contributed by atoms with Crippen molar-refractivity contribution in [1.82, 2.24) is 9.38 Å². The Morgan fingerprint density at radius 2 is 2.20 bits per heavy atom. The zero-order chi connectivity index (χ0) is 21.0. The highest BCUT2D eigenvalue weighted by Crippen LogP contribution is 2.34. The van der Waals surface area contributed by atoms with Crippen LogP contribution in [-0.2, 0) is 24.1 Å². The number of fused-ring (bicyclic) bond motifs is 4. The fourth-order valence-electron chi connectivity index (χ4n) is 4.58. The smallest absolute Gasteiger partial charge is 0.307 e. The molecule has 0 fully saturated rings. The van der Waals surface area contributed by atoms with Gasteiger partial charge in [0.1, 0.15) is 11.3 Å². The first-order chi connectivity index (χ1) is 14.4. The van der Waals surface area contributed by atoms with E-state index in [1.54, 1.807) is 6.07 Å². The normalized spacial score (nSPS) is 16.2. The molecule has 30 heavy (non-hydrogen) atoms. The number of oxazole rings is 1. The van der Waals surface area contributed by atoms with E-state index in [4.69, 9.17) is 4.42 Å². The number of benzene rings is 1. The molecule has 0 radical (unpaired) electrons. The number of anilines is 1. The van der Waals surface area contributed by atoms with Crippen LogP contribution in [0.15, 0.2) is 40.9 Å². The molecule has 3 aromatic heterocycles. The third-order valence-electron chi connectivity index (χ3n) is 6.10. The standard InChI is InChI=1S/C23H22FN3O3/c1-13-7-8-27-19(9-13)17(12-22(28)29)16-5-4-15(11-20(16)27)26(2)23-25-18-10-14(24)3-6-21(18)30-23/h3,6-10,15H,4-5,11-12H2,1-2H3,(H,28,29). The number of halogens is 1. The van der Waals surface area contributed by atoms with Gasteiger partial charge in [0, 0.05) is 43.0 Å². The van der Waals surface area contributed by atoms with Gasteiger partial charge in [0.05, 0.1) is 6.42 Å². The van der Waals surface area contributed by atoms with Gasteiger partial charge in [0.25, 0.3) is 6.01 Å². The summed E-state index contributed by atoms with van der Waals surface area (Å²) in [6.07, 6.45) is 4.46. The highest BCUT2D eigenvalue weighted by Gasteiger charge is 2.30. The van der Waals surface area contributed by atoms with Crippen LogP contribution in [0.5, 0.6) is 0 Å². The SMILES string of the molecule is Cc1ccn2c3c(c(CC(=O)O)c2c1)CCC(N(C)c1nc2cc(F)ccc2o1)C3. The van der Waals surface area contributed by atoms with Gasteiger partial charge in [-0.3, -0.25) is 4.79 Å². The van der Waals surface area contributed by atoms with E-state index in [9.17, 15) is 14.3 Å². The Morgan fingerprint density at radius 3 is 3.00 bits per heavy atom. The van der Waals surface area contributed by atoms with Gasteiger partial charge < -0.3 is 18.8 Å². The summed E-state index contributed by atoms with van der Waals surface area (Å²) in [6, 6.07) is 9.04. The number of rotatable bonds is 4.